The SMILES string of the molecule is CCOC(=O)c1ccc(S(=O)(=O)N2CCC(C(=O)OCC(=O)NCc3ccccc3)CC2)cc1. The van der Waals surface area contributed by atoms with Gasteiger partial charge in [0.05, 0.1) is 23.0 Å². The first kappa shape index (κ1) is 25.4. The van der Waals surface area contributed by atoms with Gasteiger partial charge in [0.15, 0.2) is 6.61 Å². The van der Waals surface area contributed by atoms with Gasteiger partial charge in [0.25, 0.3) is 5.91 Å². The second-order valence-electron chi connectivity index (χ2n) is 7.79. The average molecular weight is 489 g/mol. The molecule has 1 heterocycles. The second kappa shape index (κ2) is 11.8. The molecule has 1 fully saturated rings. The third kappa shape index (κ3) is 6.64. The summed E-state index contributed by atoms with van der Waals surface area (Å²) in [6.07, 6.45) is 0.592. The number of esters is 2. The van der Waals surface area contributed by atoms with Gasteiger partial charge in [0, 0.05) is 19.6 Å². The molecule has 2 aromatic rings. The standard InChI is InChI=1S/C24H28N2O7S/c1-2-32-23(28)19-8-10-21(11-9-19)34(30,31)26-14-12-20(13-15-26)24(29)33-17-22(27)25-16-18-6-4-3-5-7-18/h3-11,20H,2,12-17H2,1H3,(H,25,27). The maximum atomic E-state index is 12.9. The number of nitrogens with zero attached hydrogens (tertiary/aromatic N) is 1. The highest BCUT2D eigenvalue weighted by molar-refractivity contribution is 7.89. The molecule has 1 aliphatic rings. The maximum Gasteiger partial charge on any atom is 0.338 e. The predicted molar refractivity (Wildman–Crippen MR) is 123 cm³/mol. The molecule has 0 spiro atoms. The number of hydrogen-bond donors (Lipinski definition) is 1. The number of amides is 1. The Morgan fingerprint density at radius 3 is 2.24 bits per heavy atom. The molecule has 0 radical (unpaired) electrons. The molecule has 3 rings (SSSR count). The van der Waals surface area contributed by atoms with Crippen molar-refractivity contribution in [1.82, 2.24) is 9.62 Å². The van der Waals surface area contributed by atoms with Gasteiger partial charge in [-0.3, -0.25) is 9.59 Å². The quantitative estimate of drug-likeness (QED) is 0.537. The molecule has 0 aliphatic carbocycles. The molecule has 10 heteroatoms. The van der Waals surface area contributed by atoms with Gasteiger partial charge in [-0.15, -0.1) is 0 Å². The average Bonchev–Trinajstić information content (AvgIpc) is 2.87. The topological polar surface area (TPSA) is 119 Å². The van der Waals surface area contributed by atoms with E-state index in [4.69, 9.17) is 9.47 Å². The van der Waals surface area contributed by atoms with E-state index in [-0.39, 0.29) is 36.8 Å². The van der Waals surface area contributed by atoms with E-state index in [2.05, 4.69) is 5.32 Å². The van der Waals surface area contributed by atoms with Crippen molar-refractivity contribution in [3.63, 3.8) is 0 Å². The van der Waals surface area contributed by atoms with Crippen LogP contribution in [0.4, 0.5) is 0 Å². The fourth-order valence-electron chi connectivity index (χ4n) is 3.56. The molecular formula is C24H28N2O7S. The molecule has 1 aliphatic heterocycles. The minimum absolute atomic E-state index is 0.0664. The smallest absolute Gasteiger partial charge is 0.338 e. The molecule has 0 saturated carbocycles. The molecule has 1 saturated heterocycles. The number of nitrogens with one attached hydrogen (secondary N) is 1. The zero-order chi connectivity index (χ0) is 24.6. The fourth-order valence-corrected chi connectivity index (χ4v) is 5.03. The highest BCUT2D eigenvalue weighted by atomic mass is 32.2. The Morgan fingerprint density at radius 2 is 1.62 bits per heavy atom. The zero-order valence-corrected chi connectivity index (χ0v) is 19.8. The highest BCUT2D eigenvalue weighted by Gasteiger charge is 2.33. The lowest BCUT2D eigenvalue weighted by atomic mass is 9.98. The molecule has 0 bridgehead atoms. The van der Waals surface area contributed by atoms with E-state index < -0.39 is 33.8 Å². The minimum Gasteiger partial charge on any atom is -0.462 e. The fraction of sp³-hybridized carbons (Fsp3) is 0.375. The molecule has 34 heavy (non-hydrogen) atoms. The van der Waals surface area contributed by atoms with E-state index in [0.29, 0.717) is 19.4 Å². The molecule has 9 nitrogen and oxygen atoms in total. The normalized spacial score (nSPS) is 14.9. The Labute approximate surface area is 199 Å². The van der Waals surface area contributed by atoms with Crippen LogP contribution in [0.15, 0.2) is 59.5 Å². The number of ether oxygens (including phenoxy) is 2. The number of benzene rings is 2. The highest BCUT2D eigenvalue weighted by Crippen LogP contribution is 2.25. The van der Waals surface area contributed by atoms with Gasteiger partial charge in [-0.1, -0.05) is 30.3 Å². The summed E-state index contributed by atoms with van der Waals surface area (Å²) in [5, 5.41) is 2.69. The summed E-state index contributed by atoms with van der Waals surface area (Å²) in [6.45, 7) is 2.20. The van der Waals surface area contributed by atoms with E-state index in [0.717, 1.165) is 5.56 Å². The predicted octanol–water partition coefficient (Wildman–Crippen LogP) is 2.12. The molecule has 0 atom stereocenters. The van der Waals surface area contributed by atoms with E-state index in [1.54, 1.807) is 6.92 Å². The van der Waals surface area contributed by atoms with E-state index in [9.17, 15) is 22.8 Å². The summed E-state index contributed by atoms with van der Waals surface area (Å²) in [4.78, 5) is 36.1. The number of carbonyl (C=O) groups is 3. The van der Waals surface area contributed by atoms with Crippen LogP contribution in [0.5, 0.6) is 0 Å². The van der Waals surface area contributed by atoms with Crippen LogP contribution in [-0.4, -0.2) is 56.9 Å². The largest absolute Gasteiger partial charge is 0.462 e. The van der Waals surface area contributed by atoms with Crippen molar-refractivity contribution in [3.8, 4) is 0 Å². The van der Waals surface area contributed by atoms with Gasteiger partial charge in [0.2, 0.25) is 10.0 Å². The van der Waals surface area contributed by atoms with Crippen LogP contribution in [0, 0.1) is 5.92 Å². The first-order valence-electron chi connectivity index (χ1n) is 11.1. The lowest BCUT2D eigenvalue weighted by Gasteiger charge is -2.30. The molecule has 1 amide bonds. The number of hydrogen-bond acceptors (Lipinski definition) is 7. The summed E-state index contributed by atoms with van der Waals surface area (Å²) in [6, 6.07) is 14.9. The van der Waals surface area contributed by atoms with Crippen LogP contribution in [0.25, 0.3) is 0 Å². The first-order chi connectivity index (χ1) is 16.3. The molecule has 182 valence electrons. The van der Waals surface area contributed by atoms with Crippen LogP contribution >= 0.6 is 0 Å². The zero-order valence-electron chi connectivity index (χ0n) is 18.9. The van der Waals surface area contributed by atoms with Gasteiger partial charge in [0.1, 0.15) is 0 Å². The number of piperidine rings is 1. The van der Waals surface area contributed by atoms with Gasteiger partial charge in [-0.05, 0) is 49.6 Å². The summed E-state index contributed by atoms with van der Waals surface area (Å²) >= 11 is 0. The Morgan fingerprint density at radius 1 is 0.971 bits per heavy atom. The van der Waals surface area contributed by atoms with Crippen LogP contribution in [0.3, 0.4) is 0 Å². The van der Waals surface area contributed by atoms with Crippen molar-refractivity contribution in [1.29, 1.82) is 0 Å². The molecule has 2 aromatic carbocycles. The lowest BCUT2D eigenvalue weighted by Crippen LogP contribution is -2.41. The van der Waals surface area contributed by atoms with Crippen molar-refractivity contribution in [2.45, 2.75) is 31.2 Å². The Bertz CT molecular complexity index is 1090. The second-order valence-corrected chi connectivity index (χ2v) is 9.73. The molecule has 0 unspecified atom stereocenters. The van der Waals surface area contributed by atoms with Crippen LogP contribution in [-0.2, 0) is 35.6 Å². The minimum atomic E-state index is -3.76. The molecular weight excluding hydrogens is 460 g/mol. The summed E-state index contributed by atoms with van der Waals surface area (Å²) in [5.74, 6) is -1.90. The Kier molecular flexibility index (Phi) is 8.78. The van der Waals surface area contributed by atoms with Gasteiger partial charge < -0.3 is 14.8 Å². The van der Waals surface area contributed by atoms with Crippen LogP contribution < -0.4 is 5.32 Å². The van der Waals surface area contributed by atoms with Crippen molar-refractivity contribution in [2.24, 2.45) is 5.92 Å². The van der Waals surface area contributed by atoms with E-state index in [1.807, 2.05) is 30.3 Å². The van der Waals surface area contributed by atoms with Crippen LogP contribution in [0.1, 0.15) is 35.7 Å². The maximum absolute atomic E-state index is 12.9. The van der Waals surface area contributed by atoms with Crippen molar-refractivity contribution < 1.29 is 32.3 Å². The third-order valence-corrected chi connectivity index (χ3v) is 7.38. The van der Waals surface area contributed by atoms with Crippen LogP contribution in [0.2, 0.25) is 0 Å². The van der Waals surface area contributed by atoms with Crippen molar-refractivity contribution in [3.05, 3.63) is 65.7 Å². The van der Waals surface area contributed by atoms with E-state index in [1.165, 1.54) is 28.6 Å². The molecule has 0 aromatic heterocycles. The van der Waals surface area contributed by atoms with Crippen molar-refractivity contribution >= 4 is 27.9 Å². The third-order valence-electron chi connectivity index (χ3n) is 5.47. The first-order valence-corrected chi connectivity index (χ1v) is 12.5. The number of carbonyl (C=O) groups excluding carboxylic acids is 3. The summed E-state index contributed by atoms with van der Waals surface area (Å²) in [5.41, 5.74) is 1.21. The van der Waals surface area contributed by atoms with Gasteiger partial charge in [-0.25, -0.2) is 13.2 Å². The lowest BCUT2D eigenvalue weighted by molar-refractivity contribution is -0.153. The van der Waals surface area contributed by atoms with Gasteiger partial charge >= 0.3 is 11.9 Å². The monoisotopic (exact) mass is 488 g/mol. The summed E-state index contributed by atoms with van der Waals surface area (Å²) in [7, 11) is -3.76. The summed E-state index contributed by atoms with van der Waals surface area (Å²) < 4.78 is 37.2. The Balaban J connectivity index is 1.45. The number of rotatable bonds is 9. The van der Waals surface area contributed by atoms with Gasteiger partial charge in [-0.2, -0.15) is 4.31 Å². The number of sulfonamides is 1. The Hall–Kier alpha value is -3.24. The molecule has 1 N–H and O–H groups in total. The van der Waals surface area contributed by atoms with E-state index >= 15 is 0 Å². The van der Waals surface area contributed by atoms with Crippen molar-refractivity contribution in [2.75, 3.05) is 26.3 Å².